The Balaban J connectivity index is 3.22. The lowest BCUT2D eigenvalue weighted by molar-refractivity contribution is 0.0966. The van der Waals surface area contributed by atoms with E-state index in [-0.39, 0.29) is 10.0 Å². The topological polar surface area (TPSA) is 43.1 Å². The molecule has 0 aliphatic carbocycles. The van der Waals surface area contributed by atoms with Crippen LogP contribution in [0, 0.1) is 11.6 Å². The third-order valence-corrected chi connectivity index (χ3v) is 2.35. The fraction of sp³-hybridized carbons (Fsp3) is 0.222. The normalized spacial score (nSPS) is 12.6. The van der Waals surface area contributed by atoms with Crippen molar-refractivity contribution in [1.82, 2.24) is 0 Å². The van der Waals surface area contributed by atoms with Crippen LogP contribution in [-0.2, 0) is 0 Å². The van der Waals surface area contributed by atoms with Crippen molar-refractivity contribution in [2.24, 2.45) is 5.73 Å². The van der Waals surface area contributed by atoms with Crippen molar-refractivity contribution in [3.8, 4) is 0 Å². The minimum absolute atomic E-state index is 0.0545. The third-order valence-electron chi connectivity index (χ3n) is 1.69. The van der Waals surface area contributed by atoms with Crippen LogP contribution in [-0.4, -0.2) is 11.8 Å². The van der Waals surface area contributed by atoms with Crippen LogP contribution < -0.4 is 5.73 Å². The summed E-state index contributed by atoms with van der Waals surface area (Å²) in [7, 11) is 0. The average Bonchev–Trinajstić information content (AvgIpc) is 2.10. The van der Waals surface area contributed by atoms with Crippen LogP contribution in [0.5, 0.6) is 0 Å². The Labute approximate surface area is 88.2 Å². The van der Waals surface area contributed by atoms with E-state index in [0.717, 1.165) is 12.1 Å². The van der Waals surface area contributed by atoms with E-state index >= 15 is 0 Å². The van der Waals surface area contributed by atoms with Gasteiger partial charge < -0.3 is 5.73 Å². The van der Waals surface area contributed by atoms with Gasteiger partial charge in [0.15, 0.2) is 17.4 Å². The van der Waals surface area contributed by atoms with Crippen LogP contribution in [0.4, 0.5) is 8.78 Å². The van der Waals surface area contributed by atoms with E-state index in [1.165, 1.54) is 6.92 Å². The van der Waals surface area contributed by atoms with Gasteiger partial charge in [-0.3, -0.25) is 4.79 Å². The second kappa shape index (κ2) is 4.14. The fourth-order valence-corrected chi connectivity index (χ4v) is 1.47. The van der Waals surface area contributed by atoms with Crippen molar-refractivity contribution in [2.75, 3.05) is 0 Å². The summed E-state index contributed by atoms with van der Waals surface area (Å²) in [4.78, 5) is 11.4. The Morgan fingerprint density at radius 2 is 1.93 bits per heavy atom. The summed E-state index contributed by atoms with van der Waals surface area (Å²) < 4.78 is 25.7. The first-order valence-corrected chi connectivity index (χ1v) is 4.67. The number of hydrogen-bond donors (Lipinski definition) is 1. The molecule has 0 heterocycles. The third kappa shape index (κ3) is 2.16. The lowest BCUT2D eigenvalue weighted by Crippen LogP contribution is -2.27. The molecule has 1 aromatic carbocycles. The van der Waals surface area contributed by atoms with E-state index < -0.39 is 23.5 Å². The second-order valence-corrected chi connectivity index (χ2v) is 3.75. The molecule has 0 saturated carbocycles. The van der Waals surface area contributed by atoms with Gasteiger partial charge in [0.25, 0.3) is 0 Å². The predicted octanol–water partition coefficient (Wildman–Crippen LogP) is 2.26. The van der Waals surface area contributed by atoms with Gasteiger partial charge >= 0.3 is 0 Å². The summed E-state index contributed by atoms with van der Waals surface area (Å²) in [5.41, 5.74) is 5.39. The zero-order valence-electron chi connectivity index (χ0n) is 7.35. The van der Waals surface area contributed by atoms with E-state index in [2.05, 4.69) is 15.9 Å². The zero-order valence-corrected chi connectivity index (χ0v) is 8.94. The molecule has 0 amide bonds. The number of hydrogen-bond acceptors (Lipinski definition) is 2. The van der Waals surface area contributed by atoms with Crippen molar-refractivity contribution in [1.29, 1.82) is 0 Å². The summed E-state index contributed by atoms with van der Waals surface area (Å²) >= 11 is 2.97. The lowest BCUT2D eigenvalue weighted by atomic mass is 10.1. The Bertz CT molecular complexity index is 379. The molecule has 1 rings (SSSR count). The SMILES string of the molecule is CC(N)C(=O)c1cc(F)c(F)cc1Br. The number of carbonyl (C=O) groups excluding carboxylic acids is 1. The van der Waals surface area contributed by atoms with Gasteiger partial charge in [-0.25, -0.2) is 8.78 Å². The van der Waals surface area contributed by atoms with Gasteiger partial charge in [-0.2, -0.15) is 0 Å². The highest BCUT2D eigenvalue weighted by Crippen LogP contribution is 2.21. The molecule has 0 spiro atoms. The van der Waals surface area contributed by atoms with Crippen LogP contribution in [0.2, 0.25) is 0 Å². The van der Waals surface area contributed by atoms with Crippen LogP contribution in [0.15, 0.2) is 16.6 Å². The van der Waals surface area contributed by atoms with Crippen LogP contribution in [0.1, 0.15) is 17.3 Å². The molecule has 1 unspecified atom stereocenters. The number of ketones is 1. The summed E-state index contributed by atoms with van der Waals surface area (Å²) in [6, 6.07) is 1.01. The highest BCUT2D eigenvalue weighted by Gasteiger charge is 2.17. The maximum atomic E-state index is 12.8. The number of Topliss-reactive ketones (excluding diaryl/α,β-unsaturated/α-hetero) is 1. The molecule has 2 N–H and O–H groups in total. The summed E-state index contributed by atoms with van der Waals surface area (Å²) in [5, 5.41) is 0. The highest BCUT2D eigenvalue weighted by molar-refractivity contribution is 9.10. The Morgan fingerprint density at radius 1 is 1.43 bits per heavy atom. The molecule has 0 aromatic heterocycles. The molecule has 1 atom stereocenters. The zero-order chi connectivity index (χ0) is 10.9. The predicted molar refractivity (Wildman–Crippen MR) is 52.0 cm³/mol. The van der Waals surface area contributed by atoms with E-state index in [4.69, 9.17) is 5.73 Å². The highest BCUT2D eigenvalue weighted by atomic mass is 79.9. The molecule has 0 fully saturated rings. The molecule has 0 radical (unpaired) electrons. The summed E-state index contributed by atoms with van der Waals surface area (Å²) in [6.45, 7) is 1.48. The molecule has 1 aromatic rings. The first-order chi connectivity index (χ1) is 6.43. The maximum Gasteiger partial charge on any atom is 0.180 e. The molecule has 0 bridgehead atoms. The maximum absolute atomic E-state index is 12.8. The van der Waals surface area contributed by atoms with E-state index in [1.807, 2.05) is 0 Å². The van der Waals surface area contributed by atoms with Gasteiger partial charge in [0, 0.05) is 10.0 Å². The Morgan fingerprint density at radius 3 is 2.43 bits per heavy atom. The van der Waals surface area contributed by atoms with Crippen LogP contribution in [0.3, 0.4) is 0 Å². The van der Waals surface area contributed by atoms with Gasteiger partial charge in [-0.15, -0.1) is 0 Å². The minimum atomic E-state index is -1.06. The van der Waals surface area contributed by atoms with E-state index in [0.29, 0.717) is 0 Å². The number of benzene rings is 1. The Kier molecular flexibility index (Phi) is 3.34. The number of nitrogens with two attached hydrogens (primary N) is 1. The monoisotopic (exact) mass is 263 g/mol. The molecule has 0 saturated heterocycles. The average molecular weight is 264 g/mol. The largest absolute Gasteiger partial charge is 0.321 e. The van der Waals surface area contributed by atoms with Crippen molar-refractivity contribution in [3.63, 3.8) is 0 Å². The Hall–Kier alpha value is -0.810. The number of rotatable bonds is 2. The molecule has 2 nitrogen and oxygen atoms in total. The minimum Gasteiger partial charge on any atom is -0.321 e. The first kappa shape index (κ1) is 11.3. The molecule has 0 aliphatic heterocycles. The first-order valence-electron chi connectivity index (χ1n) is 3.88. The molecular weight excluding hydrogens is 256 g/mol. The molecule has 0 aliphatic rings. The van der Waals surface area contributed by atoms with E-state index in [1.54, 1.807) is 0 Å². The quantitative estimate of drug-likeness (QED) is 0.657. The van der Waals surface area contributed by atoms with Crippen LogP contribution >= 0.6 is 15.9 Å². The molecular formula is C9H8BrF2NO. The van der Waals surface area contributed by atoms with Crippen molar-refractivity contribution in [3.05, 3.63) is 33.8 Å². The fourth-order valence-electron chi connectivity index (χ4n) is 0.957. The van der Waals surface area contributed by atoms with Crippen molar-refractivity contribution >= 4 is 21.7 Å². The van der Waals surface area contributed by atoms with Crippen LogP contribution in [0.25, 0.3) is 0 Å². The van der Waals surface area contributed by atoms with Gasteiger partial charge in [-0.05, 0) is 35.0 Å². The standard InChI is InChI=1S/C9H8BrF2NO/c1-4(13)9(14)5-2-7(11)8(12)3-6(5)10/h2-4H,13H2,1H3. The van der Waals surface area contributed by atoms with Gasteiger partial charge in [0.1, 0.15) is 0 Å². The molecule has 14 heavy (non-hydrogen) atoms. The molecule has 76 valence electrons. The van der Waals surface area contributed by atoms with Gasteiger partial charge in [0.2, 0.25) is 0 Å². The lowest BCUT2D eigenvalue weighted by Gasteiger charge is -2.06. The molecule has 5 heteroatoms. The van der Waals surface area contributed by atoms with Gasteiger partial charge in [0.05, 0.1) is 6.04 Å². The number of carbonyl (C=O) groups is 1. The van der Waals surface area contributed by atoms with E-state index in [9.17, 15) is 13.6 Å². The second-order valence-electron chi connectivity index (χ2n) is 2.90. The van der Waals surface area contributed by atoms with Crippen molar-refractivity contribution in [2.45, 2.75) is 13.0 Å². The smallest absolute Gasteiger partial charge is 0.180 e. The summed E-state index contributed by atoms with van der Waals surface area (Å²) in [6.07, 6.45) is 0. The van der Waals surface area contributed by atoms with Crippen molar-refractivity contribution < 1.29 is 13.6 Å². The number of halogens is 3. The van der Waals surface area contributed by atoms with Gasteiger partial charge in [-0.1, -0.05) is 0 Å². The summed E-state index contributed by atoms with van der Waals surface area (Å²) in [5.74, 6) is -2.49.